The number of rotatable bonds is 2. The molecular formula is C13H14ClN3O. The fourth-order valence-corrected chi connectivity index (χ4v) is 1.92. The van der Waals surface area contributed by atoms with Crippen molar-refractivity contribution < 1.29 is 4.52 Å². The van der Waals surface area contributed by atoms with Crippen molar-refractivity contribution in [2.24, 2.45) is 0 Å². The summed E-state index contributed by atoms with van der Waals surface area (Å²) in [6.07, 6.45) is 1.84. The minimum Gasteiger partial charge on any atom is -0.356 e. The highest BCUT2D eigenvalue weighted by Gasteiger charge is 2.09. The van der Waals surface area contributed by atoms with E-state index in [2.05, 4.69) is 21.6 Å². The molecular weight excluding hydrogens is 250 g/mol. The molecule has 0 saturated carbocycles. The summed E-state index contributed by atoms with van der Waals surface area (Å²) in [7, 11) is 0. The first-order valence-electron chi connectivity index (χ1n) is 5.57. The highest BCUT2D eigenvalue weighted by molar-refractivity contribution is 5.85. The monoisotopic (exact) mass is 263 g/mol. The molecule has 4 nitrogen and oxygen atoms in total. The van der Waals surface area contributed by atoms with E-state index < -0.39 is 0 Å². The van der Waals surface area contributed by atoms with Gasteiger partial charge in [0, 0.05) is 11.1 Å². The lowest BCUT2D eigenvalue weighted by molar-refractivity contribution is 0.443. The largest absolute Gasteiger partial charge is 0.356 e. The Morgan fingerprint density at radius 2 is 2.00 bits per heavy atom. The second-order valence-electron chi connectivity index (χ2n) is 4.17. The van der Waals surface area contributed by atoms with E-state index in [0.29, 0.717) is 6.54 Å². The van der Waals surface area contributed by atoms with Gasteiger partial charge >= 0.3 is 0 Å². The molecule has 0 fully saturated rings. The number of benzene rings is 1. The fraction of sp³-hybridized carbons (Fsp3) is 0.231. The molecule has 0 aliphatic heterocycles. The Bertz CT molecular complexity index is 672. The van der Waals surface area contributed by atoms with Crippen LogP contribution in [0.4, 0.5) is 0 Å². The van der Waals surface area contributed by atoms with Crippen LogP contribution in [0, 0.1) is 13.8 Å². The van der Waals surface area contributed by atoms with Crippen molar-refractivity contribution in [3.05, 3.63) is 47.7 Å². The van der Waals surface area contributed by atoms with E-state index in [1.165, 1.54) is 0 Å². The van der Waals surface area contributed by atoms with Crippen molar-refractivity contribution in [3.63, 3.8) is 0 Å². The first kappa shape index (κ1) is 12.6. The van der Waals surface area contributed by atoms with Crippen molar-refractivity contribution in [3.8, 4) is 0 Å². The van der Waals surface area contributed by atoms with Gasteiger partial charge < -0.3 is 9.09 Å². The van der Waals surface area contributed by atoms with Crippen molar-refractivity contribution in [2.75, 3.05) is 0 Å². The Balaban J connectivity index is 0.00000120. The highest BCUT2D eigenvalue weighted by Crippen LogP contribution is 2.19. The van der Waals surface area contributed by atoms with E-state index in [-0.39, 0.29) is 12.4 Å². The number of nitrogens with zero attached hydrogens (tertiary/aromatic N) is 3. The molecule has 0 bridgehead atoms. The van der Waals surface area contributed by atoms with Gasteiger partial charge in [0.05, 0.1) is 18.6 Å². The summed E-state index contributed by atoms with van der Waals surface area (Å²) in [6, 6.07) is 7.90. The van der Waals surface area contributed by atoms with Crippen LogP contribution in [0.2, 0.25) is 0 Å². The lowest BCUT2D eigenvalue weighted by atomic mass is 10.2. The van der Waals surface area contributed by atoms with Gasteiger partial charge in [0.15, 0.2) is 5.58 Å². The molecule has 0 radical (unpaired) electrons. The quantitative estimate of drug-likeness (QED) is 0.714. The number of para-hydroxylation sites is 1. The molecule has 2 heterocycles. The Morgan fingerprint density at radius 3 is 2.72 bits per heavy atom. The van der Waals surface area contributed by atoms with Crippen LogP contribution in [0.15, 0.2) is 35.1 Å². The molecule has 3 rings (SSSR count). The van der Waals surface area contributed by atoms with Crippen molar-refractivity contribution in [1.82, 2.24) is 14.7 Å². The smallest absolute Gasteiger partial charge is 0.167 e. The molecule has 1 aromatic carbocycles. The number of fused-ring (bicyclic) bond motifs is 1. The van der Waals surface area contributed by atoms with Gasteiger partial charge in [-0.25, -0.2) is 4.98 Å². The predicted octanol–water partition coefficient (Wildman–Crippen LogP) is 3.11. The zero-order chi connectivity index (χ0) is 11.8. The summed E-state index contributed by atoms with van der Waals surface area (Å²) in [4.78, 5) is 4.28. The lowest BCUT2D eigenvalue weighted by Gasteiger charge is -2.02. The molecule has 5 heteroatoms. The number of hydrogen-bond donors (Lipinski definition) is 0. The molecule has 18 heavy (non-hydrogen) atoms. The van der Waals surface area contributed by atoms with E-state index in [9.17, 15) is 0 Å². The van der Waals surface area contributed by atoms with E-state index in [0.717, 1.165) is 28.1 Å². The summed E-state index contributed by atoms with van der Waals surface area (Å²) in [5.41, 5.74) is 3.99. The average molecular weight is 264 g/mol. The number of hydrogen-bond acceptors (Lipinski definition) is 3. The van der Waals surface area contributed by atoms with Gasteiger partial charge in [-0.1, -0.05) is 17.3 Å². The number of aryl methyl sites for hydroxylation is 1. The molecule has 3 aromatic rings. The lowest BCUT2D eigenvalue weighted by Crippen LogP contribution is -2.01. The van der Waals surface area contributed by atoms with E-state index >= 15 is 0 Å². The predicted molar refractivity (Wildman–Crippen MR) is 72.1 cm³/mol. The Hall–Kier alpha value is -1.81. The van der Waals surface area contributed by atoms with E-state index in [4.69, 9.17) is 4.52 Å². The number of aromatic nitrogens is 3. The minimum atomic E-state index is 0. The molecule has 0 atom stereocenters. The van der Waals surface area contributed by atoms with E-state index in [1.54, 1.807) is 0 Å². The van der Waals surface area contributed by atoms with Gasteiger partial charge in [0.2, 0.25) is 0 Å². The normalized spacial score (nSPS) is 10.6. The standard InChI is InChI=1S/C13H13N3O.ClH/c1-9-10(2)16(8-14-9)7-12-11-5-3-4-6-13(11)17-15-12;/h3-6,8H,7H2,1-2H3;1H. The number of imidazole rings is 1. The maximum absolute atomic E-state index is 5.28. The van der Waals surface area contributed by atoms with Gasteiger partial charge in [0.1, 0.15) is 5.69 Å². The molecule has 0 amide bonds. The summed E-state index contributed by atoms with van der Waals surface area (Å²) >= 11 is 0. The van der Waals surface area contributed by atoms with Crippen LogP contribution >= 0.6 is 12.4 Å². The van der Waals surface area contributed by atoms with Crippen LogP contribution in [0.25, 0.3) is 11.0 Å². The maximum Gasteiger partial charge on any atom is 0.167 e. The van der Waals surface area contributed by atoms with Gasteiger partial charge in [-0.2, -0.15) is 0 Å². The van der Waals surface area contributed by atoms with Gasteiger partial charge in [0.25, 0.3) is 0 Å². The highest BCUT2D eigenvalue weighted by atomic mass is 35.5. The van der Waals surface area contributed by atoms with Crippen molar-refractivity contribution in [2.45, 2.75) is 20.4 Å². The molecule has 0 N–H and O–H groups in total. The summed E-state index contributed by atoms with van der Waals surface area (Å²) < 4.78 is 7.37. The Morgan fingerprint density at radius 1 is 1.22 bits per heavy atom. The zero-order valence-electron chi connectivity index (χ0n) is 10.3. The first-order chi connectivity index (χ1) is 8.25. The topological polar surface area (TPSA) is 43.9 Å². The molecule has 0 unspecified atom stereocenters. The van der Waals surface area contributed by atoms with Crippen LogP contribution in [-0.2, 0) is 6.54 Å². The minimum absolute atomic E-state index is 0. The molecule has 0 spiro atoms. The third-order valence-corrected chi connectivity index (χ3v) is 3.12. The number of halogens is 1. The van der Waals surface area contributed by atoms with Gasteiger partial charge in [-0.15, -0.1) is 12.4 Å². The average Bonchev–Trinajstić information content (AvgIpc) is 2.89. The maximum atomic E-state index is 5.28. The molecule has 0 saturated heterocycles. The Kier molecular flexibility index (Phi) is 3.39. The van der Waals surface area contributed by atoms with Crippen LogP contribution < -0.4 is 0 Å². The van der Waals surface area contributed by atoms with Crippen molar-refractivity contribution >= 4 is 23.4 Å². The van der Waals surface area contributed by atoms with Crippen LogP contribution in [0.3, 0.4) is 0 Å². The molecule has 0 aliphatic carbocycles. The van der Waals surface area contributed by atoms with Crippen molar-refractivity contribution in [1.29, 1.82) is 0 Å². The third-order valence-electron chi connectivity index (χ3n) is 3.12. The van der Waals surface area contributed by atoms with Gasteiger partial charge in [-0.3, -0.25) is 0 Å². The van der Waals surface area contributed by atoms with Crippen LogP contribution in [0.5, 0.6) is 0 Å². The van der Waals surface area contributed by atoms with Gasteiger partial charge in [-0.05, 0) is 26.0 Å². The SMILES string of the molecule is Cc1ncn(Cc2noc3ccccc23)c1C.Cl. The van der Waals surface area contributed by atoms with Crippen LogP contribution in [-0.4, -0.2) is 14.7 Å². The second kappa shape index (κ2) is 4.82. The van der Waals surface area contributed by atoms with Crippen LogP contribution in [0.1, 0.15) is 17.1 Å². The first-order valence-corrected chi connectivity index (χ1v) is 5.57. The third kappa shape index (κ3) is 1.99. The van der Waals surface area contributed by atoms with E-state index in [1.807, 2.05) is 37.5 Å². The summed E-state index contributed by atoms with van der Waals surface area (Å²) in [5, 5.41) is 5.19. The molecule has 0 aliphatic rings. The zero-order valence-corrected chi connectivity index (χ0v) is 11.1. The fourth-order valence-electron chi connectivity index (χ4n) is 1.92. The second-order valence-corrected chi connectivity index (χ2v) is 4.17. The Labute approximate surface area is 111 Å². The molecule has 2 aromatic heterocycles. The molecule has 94 valence electrons. The summed E-state index contributed by atoms with van der Waals surface area (Å²) in [6.45, 7) is 4.76. The summed E-state index contributed by atoms with van der Waals surface area (Å²) in [5.74, 6) is 0.